The Morgan fingerprint density at radius 3 is 2.61 bits per heavy atom. The maximum Gasteiger partial charge on any atom is 0.243 e. The van der Waals surface area contributed by atoms with Crippen molar-refractivity contribution in [2.75, 3.05) is 13.6 Å². The first-order valence-corrected chi connectivity index (χ1v) is 9.21. The van der Waals surface area contributed by atoms with Crippen LogP contribution in [0.5, 0.6) is 0 Å². The number of likely N-dealkylation sites (N-methyl/N-ethyl adjacent to an activating group) is 1. The number of hydrogen-bond donors (Lipinski definition) is 1. The van der Waals surface area contributed by atoms with E-state index in [0.29, 0.717) is 19.5 Å². The fourth-order valence-corrected chi connectivity index (χ4v) is 3.06. The van der Waals surface area contributed by atoms with Crippen LogP contribution in [0.15, 0.2) is 67.3 Å². The largest absolute Gasteiger partial charge is 0.352 e. The molecule has 0 atom stereocenters. The van der Waals surface area contributed by atoms with Crippen molar-refractivity contribution in [1.29, 1.82) is 0 Å². The molecule has 0 aliphatic carbocycles. The molecule has 0 saturated heterocycles. The average molecular weight is 376 g/mol. The van der Waals surface area contributed by atoms with Crippen LogP contribution >= 0.6 is 0 Å². The predicted molar refractivity (Wildman–Crippen MR) is 110 cm³/mol. The number of imidazole rings is 1. The summed E-state index contributed by atoms with van der Waals surface area (Å²) in [7, 11) is 1.80. The molecule has 3 rings (SSSR count). The number of carbonyl (C=O) groups is 2. The summed E-state index contributed by atoms with van der Waals surface area (Å²) < 4.78 is 1.93. The number of aromatic nitrogens is 2. The first-order chi connectivity index (χ1) is 13.6. The van der Waals surface area contributed by atoms with E-state index < -0.39 is 0 Å². The van der Waals surface area contributed by atoms with Gasteiger partial charge < -0.3 is 14.8 Å². The van der Waals surface area contributed by atoms with Crippen LogP contribution < -0.4 is 5.32 Å². The zero-order chi connectivity index (χ0) is 19.9. The summed E-state index contributed by atoms with van der Waals surface area (Å²) in [6, 6.07) is 17.6. The molecule has 6 nitrogen and oxygen atoms in total. The minimum Gasteiger partial charge on any atom is -0.352 e. The lowest BCUT2D eigenvalue weighted by Gasteiger charge is -2.19. The molecular formula is C22H24N4O2. The fourth-order valence-electron chi connectivity index (χ4n) is 3.06. The second-order valence-corrected chi connectivity index (χ2v) is 6.58. The van der Waals surface area contributed by atoms with Crippen molar-refractivity contribution in [2.45, 2.75) is 19.5 Å². The van der Waals surface area contributed by atoms with E-state index in [-0.39, 0.29) is 18.4 Å². The molecular weight excluding hydrogens is 352 g/mol. The van der Waals surface area contributed by atoms with Gasteiger partial charge in [0.05, 0.1) is 11.0 Å². The molecule has 28 heavy (non-hydrogen) atoms. The molecule has 1 heterocycles. The third kappa shape index (κ3) is 4.65. The normalized spacial score (nSPS) is 10.6. The van der Waals surface area contributed by atoms with Crippen molar-refractivity contribution in [1.82, 2.24) is 19.8 Å². The summed E-state index contributed by atoms with van der Waals surface area (Å²) in [6.45, 7) is 4.64. The number of carbonyl (C=O) groups excluding carboxylic acids is 2. The van der Waals surface area contributed by atoms with Gasteiger partial charge in [-0.05, 0) is 23.8 Å². The van der Waals surface area contributed by atoms with E-state index in [1.165, 1.54) is 6.08 Å². The first kappa shape index (κ1) is 19.4. The Kier molecular flexibility index (Phi) is 6.22. The molecule has 0 aliphatic heterocycles. The number of amides is 2. The second kappa shape index (κ2) is 8.99. The number of hydrogen-bond acceptors (Lipinski definition) is 3. The minimum absolute atomic E-state index is 0.00313. The molecule has 1 N–H and O–H groups in total. The molecule has 0 aliphatic rings. The molecule has 0 bridgehead atoms. The maximum absolute atomic E-state index is 12.8. The number of fused-ring (bicyclic) bond motifs is 1. The predicted octanol–water partition coefficient (Wildman–Crippen LogP) is 2.54. The Morgan fingerprint density at radius 1 is 1.14 bits per heavy atom. The number of rotatable bonds is 8. The Balaban J connectivity index is 1.76. The van der Waals surface area contributed by atoms with E-state index in [0.717, 1.165) is 22.4 Å². The van der Waals surface area contributed by atoms with Gasteiger partial charge in [0, 0.05) is 26.6 Å². The highest BCUT2D eigenvalue weighted by Gasteiger charge is 2.16. The highest BCUT2D eigenvalue weighted by atomic mass is 16.2. The van der Waals surface area contributed by atoms with Crippen molar-refractivity contribution in [3.05, 3.63) is 78.6 Å². The smallest absolute Gasteiger partial charge is 0.243 e. The lowest BCUT2D eigenvalue weighted by atomic mass is 10.2. The van der Waals surface area contributed by atoms with Crippen LogP contribution in [0.3, 0.4) is 0 Å². The van der Waals surface area contributed by atoms with Gasteiger partial charge in [-0.1, -0.05) is 49.0 Å². The quantitative estimate of drug-likeness (QED) is 0.615. The lowest BCUT2D eigenvalue weighted by molar-refractivity contribution is -0.131. The summed E-state index contributed by atoms with van der Waals surface area (Å²) in [5.41, 5.74) is 2.83. The summed E-state index contributed by atoms with van der Waals surface area (Å²) in [6.07, 6.45) is 1.77. The number of nitrogens with zero attached hydrogens (tertiary/aromatic N) is 3. The van der Waals surface area contributed by atoms with E-state index in [2.05, 4.69) is 16.9 Å². The van der Waals surface area contributed by atoms with Gasteiger partial charge in [0.1, 0.15) is 12.4 Å². The van der Waals surface area contributed by atoms with E-state index >= 15 is 0 Å². The lowest BCUT2D eigenvalue weighted by Crippen LogP contribution is -2.31. The molecule has 6 heteroatoms. The van der Waals surface area contributed by atoms with Gasteiger partial charge >= 0.3 is 0 Å². The monoisotopic (exact) mass is 376 g/mol. The van der Waals surface area contributed by atoms with E-state index in [1.54, 1.807) is 11.9 Å². The molecule has 0 fully saturated rings. The van der Waals surface area contributed by atoms with Crippen LogP contribution in [0, 0.1) is 0 Å². The van der Waals surface area contributed by atoms with E-state index in [9.17, 15) is 9.59 Å². The molecule has 144 valence electrons. The first-order valence-electron chi connectivity index (χ1n) is 9.21. The van der Waals surface area contributed by atoms with Crippen molar-refractivity contribution >= 4 is 22.8 Å². The van der Waals surface area contributed by atoms with Crippen molar-refractivity contribution in [3.63, 3.8) is 0 Å². The zero-order valence-electron chi connectivity index (χ0n) is 16.0. The topological polar surface area (TPSA) is 67.2 Å². The highest BCUT2D eigenvalue weighted by molar-refractivity contribution is 5.86. The second-order valence-electron chi connectivity index (χ2n) is 6.58. The molecule has 0 saturated carbocycles. The van der Waals surface area contributed by atoms with Gasteiger partial charge in [-0.3, -0.25) is 9.59 Å². The third-order valence-electron chi connectivity index (χ3n) is 4.55. The summed E-state index contributed by atoms with van der Waals surface area (Å²) in [5.74, 6) is 0.553. The van der Waals surface area contributed by atoms with E-state index in [4.69, 9.17) is 0 Å². The fraction of sp³-hybridized carbons (Fsp3) is 0.227. The SMILES string of the molecule is C=CC(=O)NCCc1nc2ccccc2n1CC(=O)N(C)Cc1ccccc1. The summed E-state index contributed by atoms with van der Waals surface area (Å²) in [5, 5.41) is 2.76. The standard InChI is InChI=1S/C22H24N4O2/c1-3-21(27)23-14-13-20-24-18-11-7-8-12-19(18)26(20)16-22(28)25(2)15-17-9-5-4-6-10-17/h3-12H,1,13-16H2,2H3,(H,23,27). The van der Waals surface area contributed by atoms with Gasteiger partial charge in [-0.2, -0.15) is 0 Å². The van der Waals surface area contributed by atoms with Crippen LogP contribution in [0.1, 0.15) is 11.4 Å². The number of nitrogens with one attached hydrogen (secondary N) is 1. The van der Waals surface area contributed by atoms with Crippen molar-refractivity contribution in [2.24, 2.45) is 0 Å². The molecule has 2 aromatic carbocycles. The van der Waals surface area contributed by atoms with Gasteiger partial charge in [-0.15, -0.1) is 0 Å². The Labute approximate surface area is 164 Å². The maximum atomic E-state index is 12.8. The van der Waals surface area contributed by atoms with Crippen LogP contribution in [0.4, 0.5) is 0 Å². The van der Waals surface area contributed by atoms with Gasteiger partial charge in [-0.25, -0.2) is 4.98 Å². The summed E-state index contributed by atoms with van der Waals surface area (Å²) >= 11 is 0. The molecule has 0 unspecified atom stereocenters. The summed E-state index contributed by atoms with van der Waals surface area (Å²) in [4.78, 5) is 30.6. The average Bonchev–Trinajstić information content (AvgIpc) is 3.06. The zero-order valence-corrected chi connectivity index (χ0v) is 16.0. The van der Waals surface area contributed by atoms with Gasteiger partial charge in [0.2, 0.25) is 11.8 Å². The van der Waals surface area contributed by atoms with Gasteiger partial charge in [0.15, 0.2) is 0 Å². The third-order valence-corrected chi connectivity index (χ3v) is 4.55. The van der Waals surface area contributed by atoms with Crippen LogP contribution in [0.25, 0.3) is 11.0 Å². The Bertz CT molecular complexity index is 979. The highest BCUT2D eigenvalue weighted by Crippen LogP contribution is 2.17. The molecule has 2 amide bonds. The van der Waals surface area contributed by atoms with Gasteiger partial charge in [0.25, 0.3) is 0 Å². The molecule has 1 aromatic heterocycles. The molecule has 0 spiro atoms. The van der Waals surface area contributed by atoms with Crippen molar-refractivity contribution < 1.29 is 9.59 Å². The minimum atomic E-state index is -0.221. The van der Waals surface area contributed by atoms with Crippen LogP contribution in [-0.2, 0) is 29.1 Å². The van der Waals surface area contributed by atoms with Crippen molar-refractivity contribution in [3.8, 4) is 0 Å². The number of para-hydroxylation sites is 2. The number of benzene rings is 2. The molecule has 0 radical (unpaired) electrons. The Morgan fingerprint density at radius 2 is 1.86 bits per heavy atom. The van der Waals surface area contributed by atoms with Crippen LogP contribution in [0.2, 0.25) is 0 Å². The molecule has 3 aromatic rings. The van der Waals surface area contributed by atoms with E-state index in [1.807, 2.05) is 59.2 Å². The Hall–Kier alpha value is -3.41. The van der Waals surface area contributed by atoms with Crippen LogP contribution in [-0.4, -0.2) is 39.9 Å².